The molecule has 188 valence electrons. The number of benzene rings is 3. The van der Waals surface area contributed by atoms with Gasteiger partial charge in [-0.15, -0.1) is 0 Å². The Labute approximate surface area is 218 Å². The van der Waals surface area contributed by atoms with Gasteiger partial charge >= 0.3 is 0 Å². The minimum Gasteiger partial charge on any atom is -0.496 e. The number of amides is 2. The van der Waals surface area contributed by atoms with Crippen molar-refractivity contribution in [3.8, 4) is 11.4 Å². The highest BCUT2D eigenvalue weighted by atomic mass is 32.2. The molecule has 1 atom stereocenters. The summed E-state index contributed by atoms with van der Waals surface area (Å²) in [7, 11) is 1.57. The van der Waals surface area contributed by atoms with Crippen LogP contribution < -0.4 is 15.0 Å². The smallest absolute Gasteiger partial charge is 0.248 e. The molecule has 1 N–H and O–H groups in total. The van der Waals surface area contributed by atoms with E-state index < -0.39 is 17.8 Å². The van der Waals surface area contributed by atoms with Crippen LogP contribution in [0.4, 0.5) is 10.1 Å². The van der Waals surface area contributed by atoms with Gasteiger partial charge in [-0.05, 0) is 43.3 Å². The highest BCUT2D eigenvalue weighted by Gasteiger charge is 2.40. The van der Waals surface area contributed by atoms with Gasteiger partial charge in [0.05, 0.1) is 24.2 Å². The van der Waals surface area contributed by atoms with Gasteiger partial charge in [0.15, 0.2) is 0 Å². The van der Waals surface area contributed by atoms with Gasteiger partial charge in [0.25, 0.3) is 0 Å². The third kappa shape index (κ3) is 4.82. The summed E-state index contributed by atoms with van der Waals surface area (Å²) in [5, 5.41) is 8.41. The number of halogens is 1. The Hall–Kier alpha value is -4.11. The molecule has 37 heavy (non-hydrogen) atoms. The maximum absolute atomic E-state index is 14.3. The molecular formula is C28H25FN4O3S. The zero-order chi connectivity index (χ0) is 25.9. The van der Waals surface area contributed by atoms with E-state index in [9.17, 15) is 14.0 Å². The number of para-hydroxylation sites is 2. The number of rotatable bonds is 6. The summed E-state index contributed by atoms with van der Waals surface area (Å²) in [6.07, 6.45) is 0. The van der Waals surface area contributed by atoms with Crippen molar-refractivity contribution in [1.29, 1.82) is 0 Å². The predicted octanol–water partition coefficient (Wildman–Crippen LogP) is 4.82. The van der Waals surface area contributed by atoms with Crippen molar-refractivity contribution in [2.24, 2.45) is 0 Å². The highest BCUT2D eigenvalue weighted by molar-refractivity contribution is 8.00. The maximum atomic E-state index is 14.3. The van der Waals surface area contributed by atoms with Gasteiger partial charge in [0.1, 0.15) is 22.6 Å². The van der Waals surface area contributed by atoms with E-state index in [0.717, 1.165) is 11.3 Å². The number of aromatic nitrogens is 2. The quantitative estimate of drug-likeness (QED) is 0.398. The summed E-state index contributed by atoms with van der Waals surface area (Å²) in [6.45, 7) is 2.01. The van der Waals surface area contributed by atoms with Crippen molar-refractivity contribution < 1.29 is 18.7 Å². The van der Waals surface area contributed by atoms with Crippen LogP contribution in [0.2, 0.25) is 0 Å². The van der Waals surface area contributed by atoms with Crippen LogP contribution in [0.25, 0.3) is 5.69 Å². The second kappa shape index (κ2) is 10.5. The first-order valence-electron chi connectivity index (χ1n) is 11.7. The van der Waals surface area contributed by atoms with Crippen LogP contribution in [-0.4, -0.2) is 34.5 Å². The van der Waals surface area contributed by atoms with E-state index in [2.05, 4.69) is 5.32 Å². The molecule has 0 bridgehead atoms. The van der Waals surface area contributed by atoms with E-state index in [1.807, 2.05) is 61.5 Å². The van der Waals surface area contributed by atoms with E-state index in [1.54, 1.807) is 17.9 Å². The molecule has 2 heterocycles. The minimum atomic E-state index is -1.05. The number of ether oxygens (including phenoxy) is 1. The summed E-state index contributed by atoms with van der Waals surface area (Å²) in [4.78, 5) is 28.8. The lowest BCUT2D eigenvalue weighted by Gasteiger charge is -2.29. The summed E-state index contributed by atoms with van der Waals surface area (Å²) in [5.74, 6) is -0.484. The Morgan fingerprint density at radius 3 is 2.57 bits per heavy atom. The highest BCUT2D eigenvalue weighted by Crippen LogP contribution is 2.41. The number of aryl methyl sites for hydroxylation is 1. The molecule has 1 unspecified atom stereocenters. The summed E-state index contributed by atoms with van der Waals surface area (Å²) in [6, 6.07) is 21.6. The van der Waals surface area contributed by atoms with Gasteiger partial charge in [-0.1, -0.05) is 54.2 Å². The molecule has 4 aromatic rings. The third-order valence-electron chi connectivity index (χ3n) is 6.18. The molecule has 1 aliphatic rings. The fourth-order valence-electron chi connectivity index (χ4n) is 4.48. The van der Waals surface area contributed by atoms with Crippen molar-refractivity contribution >= 4 is 29.3 Å². The normalized spacial score (nSPS) is 15.2. The lowest BCUT2D eigenvalue weighted by molar-refractivity contribution is -0.126. The van der Waals surface area contributed by atoms with Crippen LogP contribution in [0.15, 0.2) is 83.9 Å². The van der Waals surface area contributed by atoms with Crippen molar-refractivity contribution in [1.82, 2.24) is 15.1 Å². The Morgan fingerprint density at radius 2 is 1.81 bits per heavy atom. The van der Waals surface area contributed by atoms with Crippen molar-refractivity contribution in [3.05, 3.63) is 102 Å². The number of carbonyl (C=O) groups is 2. The molecule has 3 aromatic carbocycles. The van der Waals surface area contributed by atoms with Crippen molar-refractivity contribution in [3.63, 3.8) is 0 Å². The zero-order valence-corrected chi connectivity index (χ0v) is 21.2. The molecule has 1 aromatic heterocycles. The SMILES string of the molecule is COc1ccccc1CNC(=O)C1c2c(C)nn(-c3ccccc3)c2SCC(=O)N1c1cccc(F)c1. The Morgan fingerprint density at radius 1 is 1.08 bits per heavy atom. The van der Waals surface area contributed by atoms with E-state index in [-0.39, 0.29) is 18.2 Å². The van der Waals surface area contributed by atoms with Crippen molar-refractivity contribution in [2.45, 2.75) is 24.5 Å². The number of anilines is 1. The second-order valence-corrected chi connectivity index (χ2v) is 9.48. The lowest BCUT2D eigenvalue weighted by atomic mass is 10.0. The number of fused-ring (bicyclic) bond motifs is 1. The number of hydrogen-bond acceptors (Lipinski definition) is 5. The Kier molecular flexibility index (Phi) is 6.96. The van der Waals surface area contributed by atoms with Crippen molar-refractivity contribution in [2.75, 3.05) is 17.8 Å². The fourth-order valence-corrected chi connectivity index (χ4v) is 5.57. The average Bonchev–Trinajstić information content (AvgIpc) is 3.15. The number of methoxy groups -OCH3 is 1. The molecule has 2 amide bonds. The summed E-state index contributed by atoms with van der Waals surface area (Å²) < 4.78 is 21.4. The predicted molar refractivity (Wildman–Crippen MR) is 140 cm³/mol. The number of nitrogens with zero attached hydrogens (tertiary/aromatic N) is 3. The molecular weight excluding hydrogens is 491 g/mol. The van der Waals surface area contributed by atoms with Gasteiger partial charge in [-0.3, -0.25) is 14.5 Å². The van der Waals surface area contributed by atoms with E-state index in [1.165, 1.54) is 34.9 Å². The third-order valence-corrected chi connectivity index (χ3v) is 7.23. The molecule has 0 saturated carbocycles. The van der Waals surface area contributed by atoms with Gasteiger partial charge in [0, 0.05) is 23.4 Å². The average molecular weight is 517 g/mol. The lowest BCUT2D eigenvalue weighted by Crippen LogP contribution is -2.44. The molecule has 1 aliphatic heterocycles. The summed E-state index contributed by atoms with van der Waals surface area (Å²) in [5.41, 5.74) is 3.14. The topological polar surface area (TPSA) is 76.5 Å². The molecule has 5 rings (SSSR count). The number of thioether (sulfide) groups is 1. The van der Waals surface area contributed by atoms with Crippen LogP contribution >= 0.6 is 11.8 Å². The Balaban J connectivity index is 1.61. The van der Waals surface area contributed by atoms with Crippen LogP contribution in [0.1, 0.15) is 22.9 Å². The maximum Gasteiger partial charge on any atom is 0.248 e. The summed E-state index contributed by atoms with van der Waals surface area (Å²) >= 11 is 1.32. The molecule has 0 aliphatic carbocycles. The zero-order valence-electron chi connectivity index (χ0n) is 20.3. The first kappa shape index (κ1) is 24.6. The monoisotopic (exact) mass is 516 g/mol. The Bertz CT molecular complexity index is 1460. The van der Waals surface area contributed by atoms with Crippen LogP contribution in [-0.2, 0) is 16.1 Å². The minimum absolute atomic E-state index is 0.0672. The van der Waals surface area contributed by atoms with E-state index >= 15 is 0 Å². The number of hydrogen-bond donors (Lipinski definition) is 1. The van der Waals surface area contributed by atoms with Crippen LogP contribution in [0.5, 0.6) is 5.75 Å². The number of nitrogens with one attached hydrogen (secondary N) is 1. The van der Waals surface area contributed by atoms with Gasteiger partial charge in [-0.25, -0.2) is 9.07 Å². The van der Waals surface area contributed by atoms with Crippen LogP contribution in [0, 0.1) is 12.7 Å². The molecule has 0 fully saturated rings. The van der Waals surface area contributed by atoms with Gasteiger partial charge in [0.2, 0.25) is 11.8 Å². The molecule has 0 spiro atoms. The van der Waals surface area contributed by atoms with Gasteiger partial charge in [-0.2, -0.15) is 5.10 Å². The van der Waals surface area contributed by atoms with E-state index in [0.29, 0.717) is 27.7 Å². The van der Waals surface area contributed by atoms with E-state index in [4.69, 9.17) is 9.84 Å². The largest absolute Gasteiger partial charge is 0.496 e. The fraction of sp³-hybridized carbons (Fsp3) is 0.179. The first-order chi connectivity index (χ1) is 18.0. The molecule has 0 saturated heterocycles. The van der Waals surface area contributed by atoms with Gasteiger partial charge < -0.3 is 10.1 Å². The molecule has 0 radical (unpaired) electrons. The first-order valence-corrected chi connectivity index (χ1v) is 12.7. The molecule has 9 heteroatoms. The second-order valence-electron chi connectivity index (χ2n) is 8.52. The van der Waals surface area contributed by atoms with Crippen LogP contribution in [0.3, 0.4) is 0 Å². The molecule has 7 nitrogen and oxygen atoms in total. The standard InChI is InChI=1S/C28H25FN4O3S/c1-18-25-26(27(35)30-16-19-9-6-7-14-23(19)36-2)32(22-13-8-10-20(29)15-22)24(34)17-37-28(25)33(31-18)21-11-4-3-5-12-21/h3-15,26H,16-17H2,1-2H3,(H,30,35). The number of carbonyl (C=O) groups excluding carboxylic acids is 2.